The second kappa shape index (κ2) is 8.63. The van der Waals surface area contributed by atoms with Gasteiger partial charge < -0.3 is 23.7 Å². The molecule has 0 heterocycles. The molecule has 0 fully saturated rings. The fourth-order valence-electron chi connectivity index (χ4n) is 2.15. The van der Waals surface area contributed by atoms with E-state index in [1.807, 2.05) is 24.3 Å². The average Bonchev–Trinajstić information content (AvgIpc) is 2.65. The van der Waals surface area contributed by atoms with E-state index in [1.165, 1.54) is 27.4 Å². The first-order chi connectivity index (χ1) is 12.1. The van der Waals surface area contributed by atoms with E-state index in [0.29, 0.717) is 23.0 Å². The first-order valence-electron chi connectivity index (χ1n) is 7.45. The first kappa shape index (κ1) is 18.2. The Kier molecular flexibility index (Phi) is 6.28. The van der Waals surface area contributed by atoms with Gasteiger partial charge >= 0.3 is 5.97 Å². The van der Waals surface area contributed by atoms with Gasteiger partial charge in [0.05, 0.1) is 28.4 Å². The summed E-state index contributed by atoms with van der Waals surface area (Å²) < 4.78 is 26.1. The van der Waals surface area contributed by atoms with Crippen LogP contribution in [0.25, 0.3) is 6.08 Å². The number of hydrogen-bond donors (Lipinski definition) is 0. The second-order valence-electron chi connectivity index (χ2n) is 4.89. The van der Waals surface area contributed by atoms with E-state index >= 15 is 0 Å². The third-order valence-electron chi connectivity index (χ3n) is 3.38. The van der Waals surface area contributed by atoms with Crippen LogP contribution in [0.5, 0.6) is 28.7 Å². The number of methoxy groups -OCH3 is 4. The summed E-state index contributed by atoms with van der Waals surface area (Å²) in [5.74, 6) is 1.76. The fourth-order valence-corrected chi connectivity index (χ4v) is 2.15. The van der Waals surface area contributed by atoms with Gasteiger partial charge in [-0.25, -0.2) is 4.79 Å². The molecule has 0 spiro atoms. The minimum Gasteiger partial charge on any atom is -0.497 e. The number of esters is 1. The topological polar surface area (TPSA) is 63.2 Å². The van der Waals surface area contributed by atoms with Crippen molar-refractivity contribution in [1.29, 1.82) is 0 Å². The molecule has 0 amide bonds. The largest absolute Gasteiger partial charge is 0.497 e. The number of ether oxygens (including phenoxy) is 5. The van der Waals surface area contributed by atoms with Crippen LogP contribution in [0.15, 0.2) is 42.5 Å². The van der Waals surface area contributed by atoms with Gasteiger partial charge in [-0.1, -0.05) is 12.1 Å². The van der Waals surface area contributed by atoms with Crippen molar-refractivity contribution in [2.45, 2.75) is 0 Å². The van der Waals surface area contributed by atoms with Crippen molar-refractivity contribution >= 4 is 12.0 Å². The molecule has 0 bridgehead atoms. The lowest BCUT2D eigenvalue weighted by atomic mass is 10.2. The van der Waals surface area contributed by atoms with E-state index in [0.717, 1.165) is 11.3 Å². The zero-order chi connectivity index (χ0) is 18.2. The molecule has 0 aliphatic carbocycles. The molecule has 0 saturated carbocycles. The Morgan fingerprint density at radius 1 is 0.800 bits per heavy atom. The molecule has 2 aromatic carbocycles. The number of carbonyl (C=O) groups excluding carboxylic acids is 1. The maximum atomic E-state index is 12.0. The molecule has 0 aliphatic heterocycles. The Morgan fingerprint density at radius 2 is 1.40 bits per heavy atom. The predicted octanol–water partition coefficient (Wildman–Crippen LogP) is 3.34. The van der Waals surface area contributed by atoms with Gasteiger partial charge in [-0.3, -0.25) is 0 Å². The Balaban J connectivity index is 2.12. The van der Waals surface area contributed by atoms with Gasteiger partial charge in [0.1, 0.15) is 11.5 Å². The van der Waals surface area contributed by atoms with Crippen molar-refractivity contribution < 1.29 is 28.5 Å². The van der Waals surface area contributed by atoms with E-state index in [1.54, 1.807) is 25.3 Å². The number of carbonyl (C=O) groups is 1. The van der Waals surface area contributed by atoms with E-state index in [4.69, 9.17) is 23.7 Å². The molecule has 2 rings (SSSR count). The van der Waals surface area contributed by atoms with Crippen LogP contribution in [-0.4, -0.2) is 34.4 Å². The van der Waals surface area contributed by atoms with E-state index in [2.05, 4.69) is 0 Å². The lowest BCUT2D eigenvalue weighted by molar-refractivity contribution is -0.128. The number of benzene rings is 2. The molecule has 0 atom stereocenters. The van der Waals surface area contributed by atoms with Crippen LogP contribution in [-0.2, 0) is 4.79 Å². The summed E-state index contributed by atoms with van der Waals surface area (Å²) in [5.41, 5.74) is 0.850. The highest BCUT2D eigenvalue weighted by molar-refractivity contribution is 5.88. The fraction of sp³-hybridized carbons (Fsp3) is 0.211. The highest BCUT2D eigenvalue weighted by atomic mass is 16.5. The van der Waals surface area contributed by atoms with Crippen molar-refractivity contribution in [2.24, 2.45) is 0 Å². The third-order valence-corrected chi connectivity index (χ3v) is 3.38. The van der Waals surface area contributed by atoms with Crippen molar-refractivity contribution in [1.82, 2.24) is 0 Å². The zero-order valence-corrected chi connectivity index (χ0v) is 14.6. The van der Waals surface area contributed by atoms with Gasteiger partial charge in [0.2, 0.25) is 5.75 Å². The summed E-state index contributed by atoms with van der Waals surface area (Å²) in [5, 5.41) is 0. The standard InChI is InChI=1S/C19H20O6/c1-21-14-8-5-13(6-9-14)7-10-18(20)25-15-11-16(22-2)19(24-4)17(12-15)23-3/h5-12H,1-4H3/b10-7+. The van der Waals surface area contributed by atoms with Gasteiger partial charge in [0, 0.05) is 18.2 Å². The minimum atomic E-state index is -0.523. The molecule has 0 N–H and O–H groups in total. The van der Waals surface area contributed by atoms with Crippen molar-refractivity contribution in [3.05, 3.63) is 48.0 Å². The lowest BCUT2D eigenvalue weighted by Gasteiger charge is -2.13. The molecule has 6 heteroatoms. The monoisotopic (exact) mass is 344 g/mol. The highest BCUT2D eigenvalue weighted by Crippen LogP contribution is 2.40. The molecule has 0 saturated heterocycles. The second-order valence-corrected chi connectivity index (χ2v) is 4.89. The third kappa shape index (κ3) is 4.67. The van der Waals surface area contributed by atoms with Crippen LogP contribution in [0, 0.1) is 0 Å². The lowest BCUT2D eigenvalue weighted by Crippen LogP contribution is -2.05. The molecule has 0 radical (unpaired) electrons. The summed E-state index contributed by atoms with van der Waals surface area (Å²) in [6, 6.07) is 10.4. The quantitative estimate of drug-likeness (QED) is 0.436. The molecular formula is C19H20O6. The highest BCUT2D eigenvalue weighted by Gasteiger charge is 2.15. The summed E-state index contributed by atoms with van der Waals surface area (Å²) in [4.78, 5) is 12.0. The van der Waals surface area contributed by atoms with Gasteiger partial charge in [0.25, 0.3) is 0 Å². The van der Waals surface area contributed by atoms with Crippen LogP contribution >= 0.6 is 0 Å². The average molecular weight is 344 g/mol. The summed E-state index contributed by atoms with van der Waals surface area (Å²) >= 11 is 0. The van der Waals surface area contributed by atoms with Crippen molar-refractivity contribution in [3.63, 3.8) is 0 Å². The Morgan fingerprint density at radius 3 is 1.88 bits per heavy atom. The molecule has 0 unspecified atom stereocenters. The van der Waals surface area contributed by atoms with Crippen LogP contribution in [0.2, 0.25) is 0 Å². The smallest absolute Gasteiger partial charge is 0.336 e. The predicted molar refractivity (Wildman–Crippen MR) is 93.8 cm³/mol. The Labute approximate surface area is 146 Å². The zero-order valence-electron chi connectivity index (χ0n) is 14.6. The van der Waals surface area contributed by atoms with Crippen molar-refractivity contribution in [3.8, 4) is 28.7 Å². The Hall–Kier alpha value is -3.15. The summed E-state index contributed by atoms with van der Waals surface area (Å²) in [6.45, 7) is 0. The number of hydrogen-bond acceptors (Lipinski definition) is 6. The summed E-state index contributed by atoms with van der Waals surface area (Å²) in [7, 11) is 6.09. The van der Waals surface area contributed by atoms with E-state index < -0.39 is 5.97 Å². The maximum Gasteiger partial charge on any atom is 0.336 e. The maximum absolute atomic E-state index is 12.0. The van der Waals surface area contributed by atoms with E-state index in [-0.39, 0.29) is 0 Å². The van der Waals surface area contributed by atoms with Gasteiger partial charge in [-0.05, 0) is 23.8 Å². The van der Waals surface area contributed by atoms with Gasteiger partial charge in [-0.15, -0.1) is 0 Å². The normalized spacial score (nSPS) is 10.4. The molecule has 2 aromatic rings. The van der Waals surface area contributed by atoms with Crippen LogP contribution < -0.4 is 23.7 Å². The van der Waals surface area contributed by atoms with Crippen LogP contribution in [0.4, 0.5) is 0 Å². The molecule has 25 heavy (non-hydrogen) atoms. The van der Waals surface area contributed by atoms with Gasteiger partial charge in [-0.2, -0.15) is 0 Å². The molecule has 0 aromatic heterocycles. The van der Waals surface area contributed by atoms with E-state index in [9.17, 15) is 4.79 Å². The molecule has 6 nitrogen and oxygen atoms in total. The Bertz CT molecular complexity index is 724. The number of rotatable bonds is 7. The van der Waals surface area contributed by atoms with Gasteiger partial charge in [0.15, 0.2) is 11.5 Å². The summed E-state index contributed by atoms with van der Waals surface area (Å²) in [6.07, 6.45) is 2.99. The molecule has 132 valence electrons. The van der Waals surface area contributed by atoms with Crippen molar-refractivity contribution in [2.75, 3.05) is 28.4 Å². The first-order valence-corrected chi connectivity index (χ1v) is 7.45. The SMILES string of the molecule is COc1ccc(/C=C/C(=O)Oc2cc(OC)c(OC)c(OC)c2)cc1. The van der Waals surface area contributed by atoms with Crippen LogP contribution in [0.1, 0.15) is 5.56 Å². The molecule has 0 aliphatic rings. The minimum absolute atomic E-state index is 0.291. The van der Waals surface area contributed by atoms with Crippen LogP contribution in [0.3, 0.4) is 0 Å². The molecular weight excluding hydrogens is 324 g/mol.